The van der Waals surface area contributed by atoms with Gasteiger partial charge in [-0.05, 0) is 51.9 Å². The maximum Gasteiger partial charge on any atom is 0.195 e. The predicted molar refractivity (Wildman–Crippen MR) is 115 cm³/mol. The second kappa shape index (κ2) is 11.4. The van der Waals surface area contributed by atoms with E-state index in [1.54, 1.807) is 7.11 Å². The molecule has 25 heavy (non-hydrogen) atoms. The predicted octanol–water partition coefficient (Wildman–Crippen LogP) is 3.04. The van der Waals surface area contributed by atoms with Crippen molar-refractivity contribution in [2.75, 3.05) is 52.3 Å². The second-order valence-electron chi connectivity index (χ2n) is 6.06. The molecule has 0 saturated carbocycles. The van der Waals surface area contributed by atoms with Gasteiger partial charge in [0.25, 0.3) is 0 Å². The molecule has 7 heteroatoms. The number of nitrogens with zero attached hydrogens (tertiary/aromatic N) is 2. The summed E-state index contributed by atoms with van der Waals surface area (Å²) in [4.78, 5) is 7.10. The Bertz CT molecular complexity index is 554. The first-order chi connectivity index (χ1) is 11.7. The second-order valence-corrected chi connectivity index (χ2v) is 6.06. The van der Waals surface area contributed by atoms with Gasteiger partial charge >= 0.3 is 0 Å². The third-order valence-corrected chi connectivity index (χ3v) is 4.07. The smallest absolute Gasteiger partial charge is 0.195 e. The van der Waals surface area contributed by atoms with Gasteiger partial charge in [0.15, 0.2) is 17.5 Å². The monoisotopic (exact) mass is 462 g/mol. The molecule has 1 atom stereocenters. The van der Waals surface area contributed by atoms with Crippen LogP contribution in [0, 0.1) is 5.92 Å². The molecule has 0 radical (unpaired) electrons. The summed E-state index contributed by atoms with van der Waals surface area (Å²) in [5.41, 5.74) is 0.933. The first-order valence-corrected chi connectivity index (χ1v) is 8.71. The zero-order valence-electron chi connectivity index (χ0n) is 15.7. The number of anilines is 1. The van der Waals surface area contributed by atoms with Crippen molar-refractivity contribution in [1.82, 2.24) is 10.2 Å². The van der Waals surface area contributed by atoms with Crippen molar-refractivity contribution in [2.24, 2.45) is 10.9 Å². The van der Waals surface area contributed by atoms with E-state index in [2.05, 4.69) is 29.5 Å². The van der Waals surface area contributed by atoms with Crippen LogP contribution >= 0.6 is 24.0 Å². The number of guanidine groups is 1. The first kappa shape index (κ1) is 21.8. The van der Waals surface area contributed by atoms with Crippen molar-refractivity contribution in [1.29, 1.82) is 0 Å². The topological polar surface area (TPSA) is 58.1 Å². The van der Waals surface area contributed by atoms with Crippen molar-refractivity contribution in [3.05, 3.63) is 18.2 Å². The molecule has 1 aliphatic rings. The van der Waals surface area contributed by atoms with Gasteiger partial charge in [-0.25, -0.2) is 0 Å². The van der Waals surface area contributed by atoms with Crippen molar-refractivity contribution in [2.45, 2.75) is 20.3 Å². The normalized spacial score (nSPS) is 17.8. The van der Waals surface area contributed by atoms with E-state index in [9.17, 15) is 0 Å². The van der Waals surface area contributed by atoms with Gasteiger partial charge in [-0.2, -0.15) is 0 Å². The summed E-state index contributed by atoms with van der Waals surface area (Å²) in [5.74, 6) is 2.91. The zero-order chi connectivity index (χ0) is 17.4. The number of rotatable bonds is 7. The average molecular weight is 462 g/mol. The fourth-order valence-electron chi connectivity index (χ4n) is 2.86. The van der Waals surface area contributed by atoms with Crippen LogP contribution in [0.25, 0.3) is 0 Å². The molecule has 0 bridgehead atoms. The van der Waals surface area contributed by atoms with Crippen molar-refractivity contribution in [3.8, 4) is 11.5 Å². The fraction of sp³-hybridized carbons (Fsp3) is 0.611. The number of hydrogen-bond acceptors (Lipinski definition) is 4. The van der Waals surface area contributed by atoms with Gasteiger partial charge in [0.1, 0.15) is 0 Å². The molecule has 1 fully saturated rings. The SMILES string of the molecule is CCNC(=NCC1CCN(C)C1)Nc1ccc(OC)c(OCC)c1.I. The first-order valence-electron chi connectivity index (χ1n) is 8.71. The molecule has 2 rings (SSSR count). The largest absolute Gasteiger partial charge is 0.493 e. The Labute approximate surface area is 168 Å². The van der Waals surface area contributed by atoms with E-state index in [4.69, 9.17) is 14.5 Å². The van der Waals surface area contributed by atoms with Crippen molar-refractivity contribution >= 4 is 35.6 Å². The number of halogens is 1. The summed E-state index contributed by atoms with van der Waals surface area (Å²) in [5, 5.41) is 6.65. The minimum Gasteiger partial charge on any atom is -0.493 e. The lowest BCUT2D eigenvalue weighted by Crippen LogP contribution is -2.31. The minimum absolute atomic E-state index is 0. The lowest BCUT2D eigenvalue weighted by atomic mass is 10.1. The highest BCUT2D eigenvalue weighted by molar-refractivity contribution is 14.0. The van der Waals surface area contributed by atoms with Crippen LogP contribution in [0.2, 0.25) is 0 Å². The van der Waals surface area contributed by atoms with Gasteiger partial charge in [-0.15, -0.1) is 24.0 Å². The number of methoxy groups -OCH3 is 1. The highest BCUT2D eigenvalue weighted by atomic mass is 127. The van der Waals surface area contributed by atoms with E-state index in [1.165, 1.54) is 13.0 Å². The molecule has 1 heterocycles. The lowest BCUT2D eigenvalue weighted by molar-refractivity contribution is 0.311. The summed E-state index contributed by atoms with van der Waals surface area (Å²) in [6.45, 7) is 8.59. The molecule has 142 valence electrons. The molecule has 1 aliphatic heterocycles. The van der Waals surface area contributed by atoms with Gasteiger partial charge in [0.2, 0.25) is 0 Å². The molecule has 6 nitrogen and oxygen atoms in total. The standard InChI is InChI=1S/C18H30N4O2.HI/c1-5-19-18(20-12-14-9-10-22(3)13-14)21-15-7-8-16(23-4)17(11-15)24-6-2;/h7-8,11,14H,5-6,9-10,12-13H2,1-4H3,(H2,19,20,21);1H. The third kappa shape index (κ3) is 6.89. The van der Waals surface area contributed by atoms with Crippen LogP contribution in [0.5, 0.6) is 11.5 Å². The molecular formula is C18H31IN4O2. The van der Waals surface area contributed by atoms with Crippen LogP contribution in [0.4, 0.5) is 5.69 Å². The van der Waals surface area contributed by atoms with E-state index in [0.717, 1.165) is 42.8 Å². The van der Waals surface area contributed by atoms with Gasteiger partial charge < -0.3 is 25.0 Å². The average Bonchev–Trinajstić information content (AvgIpc) is 2.99. The summed E-state index contributed by atoms with van der Waals surface area (Å²) in [7, 11) is 3.81. The molecule has 1 saturated heterocycles. The summed E-state index contributed by atoms with van der Waals surface area (Å²) in [6, 6.07) is 5.82. The fourth-order valence-corrected chi connectivity index (χ4v) is 2.86. The molecule has 0 spiro atoms. The zero-order valence-corrected chi connectivity index (χ0v) is 18.0. The lowest BCUT2D eigenvalue weighted by Gasteiger charge is -2.15. The molecule has 2 N–H and O–H groups in total. The molecule has 0 aromatic heterocycles. The van der Waals surface area contributed by atoms with E-state index < -0.39 is 0 Å². The number of benzene rings is 1. The van der Waals surface area contributed by atoms with Crippen LogP contribution < -0.4 is 20.1 Å². The van der Waals surface area contributed by atoms with Gasteiger partial charge in [0.05, 0.1) is 13.7 Å². The van der Waals surface area contributed by atoms with E-state index in [1.807, 2.05) is 25.1 Å². The Balaban J connectivity index is 0.00000312. The molecule has 1 aromatic rings. The quantitative estimate of drug-likeness (QED) is 0.371. The highest BCUT2D eigenvalue weighted by Crippen LogP contribution is 2.30. The van der Waals surface area contributed by atoms with Gasteiger partial charge in [-0.1, -0.05) is 0 Å². The van der Waals surface area contributed by atoms with Crippen LogP contribution in [0.3, 0.4) is 0 Å². The van der Waals surface area contributed by atoms with Crippen LogP contribution in [-0.4, -0.2) is 57.8 Å². The van der Waals surface area contributed by atoms with E-state index in [-0.39, 0.29) is 24.0 Å². The van der Waals surface area contributed by atoms with Crippen LogP contribution in [0.15, 0.2) is 23.2 Å². The van der Waals surface area contributed by atoms with Crippen molar-refractivity contribution < 1.29 is 9.47 Å². The summed E-state index contributed by atoms with van der Waals surface area (Å²) in [6.07, 6.45) is 1.22. The maximum absolute atomic E-state index is 5.63. The Morgan fingerprint density at radius 1 is 1.32 bits per heavy atom. The van der Waals surface area contributed by atoms with Gasteiger partial charge in [0, 0.05) is 31.4 Å². The molecule has 1 aromatic carbocycles. The number of hydrogen-bond donors (Lipinski definition) is 2. The third-order valence-electron chi connectivity index (χ3n) is 4.07. The Hall–Kier alpha value is -1.22. The molecular weight excluding hydrogens is 431 g/mol. The Morgan fingerprint density at radius 2 is 2.12 bits per heavy atom. The van der Waals surface area contributed by atoms with Crippen LogP contribution in [0.1, 0.15) is 20.3 Å². The van der Waals surface area contributed by atoms with E-state index in [0.29, 0.717) is 12.5 Å². The highest BCUT2D eigenvalue weighted by Gasteiger charge is 2.19. The molecule has 0 amide bonds. The summed E-state index contributed by atoms with van der Waals surface area (Å²) < 4.78 is 11.0. The Kier molecular flexibility index (Phi) is 9.96. The molecule has 0 aliphatic carbocycles. The van der Waals surface area contributed by atoms with E-state index >= 15 is 0 Å². The number of nitrogens with one attached hydrogen (secondary N) is 2. The number of aliphatic imine (C=N–C) groups is 1. The van der Waals surface area contributed by atoms with Gasteiger partial charge in [-0.3, -0.25) is 4.99 Å². The Morgan fingerprint density at radius 3 is 2.72 bits per heavy atom. The van der Waals surface area contributed by atoms with Crippen LogP contribution in [-0.2, 0) is 0 Å². The summed E-state index contributed by atoms with van der Waals surface area (Å²) >= 11 is 0. The number of likely N-dealkylation sites (tertiary alicyclic amines) is 1. The van der Waals surface area contributed by atoms with Crippen molar-refractivity contribution in [3.63, 3.8) is 0 Å². The number of ether oxygens (including phenoxy) is 2. The minimum atomic E-state index is 0. The molecule has 1 unspecified atom stereocenters. The maximum atomic E-state index is 5.63.